The van der Waals surface area contributed by atoms with E-state index in [4.69, 9.17) is 5.11 Å². The molecule has 0 spiro atoms. The minimum absolute atomic E-state index is 0.151. The third-order valence-electron chi connectivity index (χ3n) is 2.58. The first-order valence-electron chi connectivity index (χ1n) is 5.18. The molecule has 3 heteroatoms. The van der Waals surface area contributed by atoms with E-state index in [1.165, 1.54) is 12.8 Å². The Hall–Kier alpha value is 0.270. The summed E-state index contributed by atoms with van der Waals surface area (Å²) >= 11 is 1.74. The van der Waals surface area contributed by atoms with Gasteiger partial charge in [0.1, 0.15) is 0 Å². The van der Waals surface area contributed by atoms with E-state index >= 15 is 0 Å². The number of rotatable bonds is 3. The summed E-state index contributed by atoms with van der Waals surface area (Å²) in [6.45, 7) is 2.23. The van der Waals surface area contributed by atoms with Gasteiger partial charge in [-0.15, -0.1) is 0 Å². The summed E-state index contributed by atoms with van der Waals surface area (Å²) in [4.78, 5) is 0. The van der Waals surface area contributed by atoms with Crippen molar-refractivity contribution in [1.29, 1.82) is 0 Å². The lowest BCUT2D eigenvalue weighted by Crippen LogP contribution is -2.24. The summed E-state index contributed by atoms with van der Waals surface area (Å²) < 4.78 is 0. The van der Waals surface area contributed by atoms with Crippen LogP contribution < -0.4 is 0 Å². The van der Waals surface area contributed by atoms with E-state index in [0.29, 0.717) is 5.25 Å². The molecule has 0 aliphatic heterocycles. The lowest BCUT2D eigenvalue weighted by molar-refractivity contribution is 0.163. The van der Waals surface area contributed by atoms with Crippen molar-refractivity contribution in [3.05, 3.63) is 0 Å². The van der Waals surface area contributed by atoms with Crippen LogP contribution in [0.1, 0.15) is 39.0 Å². The molecule has 2 N–H and O–H groups in total. The molecule has 2 nitrogen and oxygen atoms in total. The van der Waals surface area contributed by atoms with E-state index in [0.717, 1.165) is 19.3 Å². The highest BCUT2D eigenvalue weighted by Gasteiger charge is 2.23. The van der Waals surface area contributed by atoms with Crippen molar-refractivity contribution in [3.63, 3.8) is 0 Å². The average Bonchev–Trinajstić information content (AvgIpc) is 2.32. The molecule has 0 saturated heterocycles. The van der Waals surface area contributed by atoms with E-state index in [1.54, 1.807) is 11.8 Å². The van der Waals surface area contributed by atoms with Crippen LogP contribution in [0, 0.1) is 0 Å². The van der Waals surface area contributed by atoms with Gasteiger partial charge in [0.05, 0.1) is 12.7 Å². The van der Waals surface area contributed by atoms with Gasteiger partial charge in [-0.05, 0) is 12.8 Å². The molecule has 0 radical (unpaired) electrons. The number of hydrogen-bond donors (Lipinski definition) is 2. The molecule has 0 amide bonds. The summed E-state index contributed by atoms with van der Waals surface area (Å²) in [5.41, 5.74) is 0. The fraction of sp³-hybridized carbons (Fsp3) is 1.00. The zero-order valence-corrected chi connectivity index (χ0v) is 9.09. The van der Waals surface area contributed by atoms with E-state index < -0.39 is 0 Å². The largest absolute Gasteiger partial charge is 0.395 e. The highest BCUT2D eigenvalue weighted by Crippen LogP contribution is 2.30. The van der Waals surface area contributed by atoms with Gasteiger partial charge in [-0.1, -0.05) is 26.2 Å². The predicted octanol–water partition coefficient (Wildman–Crippen LogP) is 1.79. The summed E-state index contributed by atoms with van der Waals surface area (Å²) in [6.07, 6.45) is 5.54. The number of hydrogen-bond acceptors (Lipinski definition) is 3. The lowest BCUT2D eigenvalue weighted by Gasteiger charge is -2.22. The Morgan fingerprint density at radius 3 is 2.69 bits per heavy atom. The van der Waals surface area contributed by atoms with Crippen LogP contribution in [0.15, 0.2) is 0 Å². The molecule has 0 heterocycles. The fourth-order valence-corrected chi connectivity index (χ4v) is 3.06. The van der Waals surface area contributed by atoms with Crippen molar-refractivity contribution in [2.24, 2.45) is 0 Å². The van der Waals surface area contributed by atoms with Crippen LogP contribution in [-0.4, -0.2) is 33.4 Å². The van der Waals surface area contributed by atoms with Crippen molar-refractivity contribution in [1.82, 2.24) is 0 Å². The standard InChI is InChI=1S/C10H20O2S/c1-8(7-11)13-10-6-4-2-3-5-9(10)12/h8-12H,2-7H2,1H3. The lowest BCUT2D eigenvalue weighted by atomic mass is 10.1. The topological polar surface area (TPSA) is 40.5 Å². The molecule has 1 fully saturated rings. The molecule has 3 unspecified atom stereocenters. The third-order valence-corrected chi connectivity index (χ3v) is 4.10. The highest BCUT2D eigenvalue weighted by molar-refractivity contribution is 8.00. The Morgan fingerprint density at radius 1 is 1.31 bits per heavy atom. The van der Waals surface area contributed by atoms with Gasteiger partial charge in [-0.3, -0.25) is 0 Å². The third kappa shape index (κ3) is 3.88. The fourth-order valence-electron chi connectivity index (χ4n) is 1.75. The second-order valence-corrected chi connectivity index (χ2v) is 5.56. The number of aliphatic hydroxyl groups excluding tert-OH is 2. The zero-order chi connectivity index (χ0) is 9.68. The van der Waals surface area contributed by atoms with E-state index in [9.17, 15) is 5.11 Å². The number of aliphatic hydroxyl groups is 2. The average molecular weight is 204 g/mol. The van der Waals surface area contributed by atoms with Gasteiger partial charge < -0.3 is 10.2 Å². The Kier molecular flexibility index (Phi) is 5.14. The Labute approximate surface area is 84.7 Å². The first-order valence-corrected chi connectivity index (χ1v) is 6.12. The van der Waals surface area contributed by atoms with E-state index in [2.05, 4.69) is 0 Å². The molecule has 1 aliphatic carbocycles. The molecule has 0 aromatic heterocycles. The zero-order valence-electron chi connectivity index (χ0n) is 8.28. The van der Waals surface area contributed by atoms with Crippen molar-refractivity contribution < 1.29 is 10.2 Å². The SMILES string of the molecule is CC(CO)SC1CCCCCC1O. The van der Waals surface area contributed by atoms with Gasteiger partial charge in [0.25, 0.3) is 0 Å². The quantitative estimate of drug-likeness (QED) is 0.689. The molecule has 1 aliphatic rings. The molecular formula is C10H20O2S. The second kappa shape index (κ2) is 5.89. The summed E-state index contributed by atoms with van der Waals surface area (Å²) in [6, 6.07) is 0. The summed E-state index contributed by atoms with van der Waals surface area (Å²) in [7, 11) is 0. The highest BCUT2D eigenvalue weighted by atomic mass is 32.2. The van der Waals surface area contributed by atoms with Gasteiger partial charge in [0, 0.05) is 10.5 Å². The maximum atomic E-state index is 9.79. The van der Waals surface area contributed by atoms with Crippen LogP contribution >= 0.6 is 11.8 Å². The summed E-state index contributed by atoms with van der Waals surface area (Å²) in [5, 5.41) is 19.3. The minimum Gasteiger partial charge on any atom is -0.395 e. The minimum atomic E-state index is -0.151. The van der Waals surface area contributed by atoms with Gasteiger partial charge >= 0.3 is 0 Å². The maximum absolute atomic E-state index is 9.79. The molecule has 3 atom stereocenters. The molecule has 1 saturated carbocycles. The smallest absolute Gasteiger partial charge is 0.0658 e. The van der Waals surface area contributed by atoms with Crippen LogP contribution in [0.2, 0.25) is 0 Å². The molecule has 13 heavy (non-hydrogen) atoms. The Balaban J connectivity index is 2.35. The van der Waals surface area contributed by atoms with Gasteiger partial charge in [-0.25, -0.2) is 0 Å². The van der Waals surface area contributed by atoms with E-state index in [-0.39, 0.29) is 18.0 Å². The second-order valence-electron chi connectivity index (χ2n) is 3.87. The first-order chi connectivity index (χ1) is 6.24. The molecule has 1 rings (SSSR count). The van der Waals surface area contributed by atoms with Crippen molar-refractivity contribution in [2.75, 3.05) is 6.61 Å². The van der Waals surface area contributed by atoms with Crippen LogP contribution in [0.3, 0.4) is 0 Å². The monoisotopic (exact) mass is 204 g/mol. The van der Waals surface area contributed by atoms with Crippen molar-refractivity contribution >= 4 is 11.8 Å². The van der Waals surface area contributed by atoms with Crippen LogP contribution in [-0.2, 0) is 0 Å². The molecule has 0 bridgehead atoms. The number of thioether (sulfide) groups is 1. The summed E-state index contributed by atoms with van der Waals surface area (Å²) in [5.74, 6) is 0. The van der Waals surface area contributed by atoms with E-state index in [1.807, 2.05) is 6.92 Å². The molecular weight excluding hydrogens is 184 g/mol. The van der Waals surface area contributed by atoms with Crippen LogP contribution in [0.5, 0.6) is 0 Å². The molecule has 0 aromatic rings. The Morgan fingerprint density at radius 2 is 2.00 bits per heavy atom. The van der Waals surface area contributed by atoms with Crippen molar-refractivity contribution in [2.45, 2.75) is 55.6 Å². The van der Waals surface area contributed by atoms with Crippen LogP contribution in [0.25, 0.3) is 0 Å². The molecule has 0 aromatic carbocycles. The van der Waals surface area contributed by atoms with Gasteiger partial charge in [0.2, 0.25) is 0 Å². The predicted molar refractivity (Wildman–Crippen MR) is 57.0 cm³/mol. The molecule has 78 valence electrons. The normalized spacial score (nSPS) is 32.5. The van der Waals surface area contributed by atoms with Gasteiger partial charge in [-0.2, -0.15) is 11.8 Å². The first kappa shape index (κ1) is 11.3. The maximum Gasteiger partial charge on any atom is 0.0658 e. The van der Waals surface area contributed by atoms with Crippen LogP contribution in [0.4, 0.5) is 0 Å². The Bertz CT molecular complexity index is 141. The van der Waals surface area contributed by atoms with Gasteiger partial charge in [0.15, 0.2) is 0 Å². The van der Waals surface area contributed by atoms with Crippen molar-refractivity contribution in [3.8, 4) is 0 Å².